The molecule has 1 aromatic heterocycles. The van der Waals surface area contributed by atoms with Crippen LogP contribution in [0.25, 0.3) is 0 Å². The van der Waals surface area contributed by atoms with Crippen molar-refractivity contribution in [2.75, 3.05) is 0 Å². The molecule has 0 aliphatic carbocycles. The second-order valence-corrected chi connectivity index (χ2v) is 4.71. The Morgan fingerprint density at radius 1 is 1.44 bits per heavy atom. The van der Waals surface area contributed by atoms with Gasteiger partial charge in [-0.25, -0.2) is 4.79 Å². The summed E-state index contributed by atoms with van der Waals surface area (Å²) in [6.45, 7) is 0. The molecule has 1 unspecified atom stereocenters. The molecule has 18 heavy (non-hydrogen) atoms. The normalized spacial score (nSPS) is 17.4. The Balaban J connectivity index is 2.04. The molecule has 1 atom stereocenters. The van der Waals surface area contributed by atoms with Crippen molar-refractivity contribution in [1.29, 1.82) is 0 Å². The lowest BCUT2D eigenvalue weighted by atomic mass is 9.92. The number of rotatable bonds is 3. The Kier molecular flexibility index (Phi) is 3.90. The van der Waals surface area contributed by atoms with E-state index in [2.05, 4.69) is 11.8 Å². The summed E-state index contributed by atoms with van der Waals surface area (Å²) < 4.78 is 4.70. The Hall–Kier alpha value is -1.93. The quantitative estimate of drug-likeness (QED) is 0.274. The van der Waals surface area contributed by atoms with Crippen LogP contribution in [0, 0.1) is 11.8 Å². The van der Waals surface area contributed by atoms with E-state index in [9.17, 15) is 14.4 Å². The summed E-state index contributed by atoms with van der Waals surface area (Å²) in [4.78, 5) is 33.6. The molecule has 0 N–H and O–H groups in total. The van der Waals surface area contributed by atoms with Crippen molar-refractivity contribution in [1.82, 2.24) is 0 Å². The van der Waals surface area contributed by atoms with Crippen LogP contribution < -0.4 is 0 Å². The summed E-state index contributed by atoms with van der Waals surface area (Å²) in [6.07, 6.45) is 2.36. The van der Waals surface area contributed by atoms with Gasteiger partial charge in [0.05, 0.1) is 5.92 Å². The van der Waals surface area contributed by atoms with E-state index < -0.39 is 11.9 Å². The van der Waals surface area contributed by atoms with Gasteiger partial charge < -0.3 is 4.74 Å². The zero-order chi connectivity index (χ0) is 13.0. The fourth-order valence-corrected chi connectivity index (χ4v) is 2.71. The van der Waals surface area contributed by atoms with E-state index in [1.54, 1.807) is 11.4 Å². The second-order valence-electron chi connectivity index (χ2n) is 3.80. The van der Waals surface area contributed by atoms with Crippen LogP contribution in [0.3, 0.4) is 0 Å². The SMILES string of the molecule is O=CC#CCCCC1C(=O)OC(=O)c2sccc21. The van der Waals surface area contributed by atoms with Gasteiger partial charge in [-0.1, -0.05) is 5.92 Å². The smallest absolute Gasteiger partial charge is 0.356 e. The molecular weight excluding hydrogens is 252 g/mol. The third-order valence-electron chi connectivity index (χ3n) is 2.69. The fraction of sp³-hybridized carbons (Fsp3) is 0.308. The number of carbonyl (C=O) groups excluding carboxylic acids is 3. The van der Waals surface area contributed by atoms with E-state index >= 15 is 0 Å². The molecule has 0 saturated carbocycles. The minimum atomic E-state index is -0.554. The minimum Gasteiger partial charge on any atom is -0.388 e. The van der Waals surface area contributed by atoms with Gasteiger partial charge in [0, 0.05) is 6.42 Å². The number of carbonyl (C=O) groups is 3. The molecule has 2 rings (SSSR count). The number of aldehydes is 1. The molecule has 0 aromatic carbocycles. The number of fused-ring (bicyclic) bond motifs is 1. The van der Waals surface area contributed by atoms with Crippen LogP contribution in [0.4, 0.5) is 0 Å². The van der Waals surface area contributed by atoms with Crippen molar-refractivity contribution in [2.24, 2.45) is 0 Å². The van der Waals surface area contributed by atoms with E-state index in [1.807, 2.05) is 0 Å². The summed E-state index contributed by atoms with van der Waals surface area (Å²) >= 11 is 1.29. The van der Waals surface area contributed by atoms with Gasteiger partial charge in [-0.3, -0.25) is 9.59 Å². The molecule has 4 nitrogen and oxygen atoms in total. The summed E-state index contributed by atoms with van der Waals surface area (Å²) in [5, 5.41) is 1.78. The van der Waals surface area contributed by atoms with Gasteiger partial charge in [0.25, 0.3) is 0 Å². The highest BCUT2D eigenvalue weighted by Gasteiger charge is 2.34. The van der Waals surface area contributed by atoms with E-state index in [0.29, 0.717) is 30.4 Å². The Morgan fingerprint density at radius 2 is 2.28 bits per heavy atom. The number of hydrogen-bond donors (Lipinski definition) is 0. The third kappa shape index (κ3) is 2.49. The van der Waals surface area contributed by atoms with Crippen LogP contribution >= 0.6 is 11.3 Å². The Bertz CT molecular complexity index is 547. The molecule has 0 amide bonds. The van der Waals surface area contributed by atoms with Crippen LogP contribution in [0.2, 0.25) is 0 Å². The first-order valence-electron chi connectivity index (χ1n) is 5.49. The summed E-state index contributed by atoms with van der Waals surface area (Å²) in [5.74, 6) is 3.57. The molecule has 0 bridgehead atoms. The summed E-state index contributed by atoms with van der Waals surface area (Å²) in [6, 6.07) is 1.79. The highest BCUT2D eigenvalue weighted by molar-refractivity contribution is 7.12. The average Bonchev–Trinajstić information content (AvgIpc) is 2.82. The van der Waals surface area contributed by atoms with Crippen molar-refractivity contribution in [3.05, 3.63) is 21.9 Å². The summed E-state index contributed by atoms with van der Waals surface area (Å²) in [7, 11) is 0. The average molecular weight is 262 g/mol. The lowest BCUT2D eigenvalue weighted by Gasteiger charge is -2.19. The molecule has 1 aromatic rings. The maximum Gasteiger partial charge on any atom is 0.356 e. The highest BCUT2D eigenvalue weighted by Crippen LogP contribution is 2.34. The molecule has 2 heterocycles. The van der Waals surface area contributed by atoms with Gasteiger partial charge >= 0.3 is 11.9 Å². The molecular formula is C13H10O4S. The first-order valence-corrected chi connectivity index (χ1v) is 6.37. The minimum absolute atomic E-state index is 0.387. The van der Waals surface area contributed by atoms with Crippen molar-refractivity contribution < 1.29 is 19.1 Å². The second kappa shape index (κ2) is 5.61. The molecule has 0 spiro atoms. The van der Waals surface area contributed by atoms with Crippen molar-refractivity contribution >= 4 is 29.6 Å². The van der Waals surface area contributed by atoms with Crippen LogP contribution in [0.15, 0.2) is 11.4 Å². The van der Waals surface area contributed by atoms with E-state index in [1.165, 1.54) is 11.3 Å². The predicted molar refractivity (Wildman–Crippen MR) is 65.2 cm³/mol. The topological polar surface area (TPSA) is 60.4 Å². The first-order chi connectivity index (χ1) is 8.74. The maximum absolute atomic E-state index is 11.7. The van der Waals surface area contributed by atoms with E-state index in [4.69, 9.17) is 4.74 Å². The van der Waals surface area contributed by atoms with Crippen LogP contribution in [-0.2, 0) is 14.3 Å². The molecule has 1 aliphatic heterocycles. The van der Waals surface area contributed by atoms with Crippen LogP contribution in [0.5, 0.6) is 0 Å². The monoisotopic (exact) mass is 262 g/mol. The standard InChI is InChI=1S/C13H10O4S/c14-7-4-2-1-3-5-10-9-6-8-18-11(9)13(16)17-12(10)15/h6-8,10H,1,3,5H2. The van der Waals surface area contributed by atoms with Gasteiger partial charge in [-0.2, -0.15) is 0 Å². The molecule has 0 fully saturated rings. The molecule has 0 radical (unpaired) electrons. The zero-order valence-electron chi connectivity index (χ0n) is 9.47. The van der Waals surface area contributed by atoms with Crippen molar-refractivity contribution in [3.8, 4) is 11.8 Å². The fourth-order valence-electron chi connectivity index (χ4n) is 1.88. The maximum atomic E-state index is 11.7. The van der Waals surface area contributed by atoms with Crippen molar-refractivity contribution in [3.63, 3.8) is 0 Å². The summed E-state index contributed by atoms with van der Waals surface area (Å²) in [5.41, 5.74) is 0.754. The van der Waals surface area contributed by atoms with E-state index in [-0.39, 0.29) is 5.92 Å². The predicted octanol–water partition coefficient (Wildman–Crippen LogP) is 1.90. The molecule has 1 aliphatic rings. The number of cyclic esters (lactones) is 2. The van der Waals surface area contributed by atoms with Gasteiger partial charge in [0.15, 0.2) is 6.29 Å². The lowest BCUT2D eigenvalue weighted by Crippen LogP contribution is -2.26. The largest absolute Gasteiger partial charge is 0.388 e. The number of thiophene rings is 1. The molecule has 92 valence electrons. The molecule has 0 saturated heterocycles. The van der Waals surface area contributed by atoms with E-state index in [0.717, 1.165) is 5.56 Å². The Morgan fingerprint density at radius 3 is 3.06 bits per heavy atom. The Labute approximate surface area is 108 Å². The zero-order valence-corrected chi connectivity index (χ0v) is 10.3. The van der Waals surface area contributed by atoms with Gasteiger partial charge in [0.1, 0.15) is 4.88 Å². The number of hydrogen-bond acceptors (Lipinski definition) is 5. The van der Waals surface area contributed by atoms with Crippen LogP contribution in [0.1, 0.15) is 40.4 Å². The first kappa shape index (κ1) is 12.5. The highest BCUT2D eigenvalue weighted by atomic mass is 32.1. The lowest BCUT2D eigenvalue weighted by molar-refractivity contribution is -0.140. The number of ether oxygens (including phenoxy) is 1. The van der Waals surface area contributed by atoms with Gasteiger partial charge in [-0.05, 0) is 35.8 Å². The van der Waals surface area contributed by atoms with Gasteiger partial charge in [0.2, 0.25) is 0 Å². The van der Waals surface area contributed by atoms with Crippen LogP contribution in [-0.4, -0.2) is 18.2 Å². The number of esters is 2. The third-order valence-corrected chi connectivity index (χ3v) is 3.60. The number of unbranched alkanes of at least 4 members (excludes halogenated alkanes) is 1. The molecule has 5 heteroatoms. The van der Waals surface area contributed by atoms with Crippen molar-refractivity contribution in [2.45, 2.75) is 25.2 Å². The van der Waals surface area contributed by atoms with Gasteiger partial charge in [-0.15, -0.1) is 11.3 Å².